The molecule has 15 heteroatoms. The fraction of sp³-hybridized carbons (Fsp3) is 0.0741. The van der Waals surface area contributed by atoms with Gasteiger partial charge in [0.1, 0.15) is 20.7 Å². The van der Waals surface area contributed by atoms with Gasteiger partial charge in [-0.15, -0.1) is 0 Å². The van der Waals surface area contributed by atoms with Crippen LogP contribution >= 0.6 is 22.7 Å². The van der Waals surface area contributed by atoms with Crippen LogP contribution in [0, 0.1) is 0 Å². The van der Waals surface area contributed by atoms with E-state index in [1.54, 1.807) is 48.5 Å². The maximum absolute atomic E-state index is 12.5. The average Bonchev–Trinajstić information content (AvgIpc) is 3.53. The molecule has 0 spiro atoms. The number of aromatic nitrogens is 4. The summed E-state index contributed by atoms with van der Waals surface area (Å²) in [7, 11) is -6.61. The normalized spacial score (nSPS) is 12.0. The highest BCUT2D eigenvalue weighted by Gasteiger charge is 2.17. The summed E-state index contributed by atoms with van der Waals surface area (Å²) in [5.41, 5.74) is 3.68. The molecule has 0 bridgehead atoms. The lowest BCUT2D eigenvalue weighted by atomic mass is 10.1. The Kier molecular flexibility index (Phi) is 6.97. The Balaban J connectivity index is 1.15. The number of pyridine rings is 2. The smallest absolute Gasteiger partial charge is 0.365 e. The Bertz CT molecular complexity index is 2050. The van der Waals surface area contributed by atoms with Crippen molar-refractivity contribution < 1.29 is 31.1 Å². The van der Waals surface area contributed by atoms with E-state index in [9.17, 15) is 21.6 Å². The SMILES string of the molecule is CS(=O)(=O)c1ccc(-c2ccc3nc(OC(=O)Oc4nc5ccc(-c6ccc(S(C)(=O)=O)cc6)nc5s4)sc3n2)cc1. The Morgan fingerprint density at radius 1 is 0.571 bits per heavy atom. The van der Waals surface area contributed by atoms with E-state index in [4.69, 9.17) is 9.47 Å². The highest BCUT2D eigenvalue weighted by molar-refractivity contribution is 7.91. The van der Waals surface area contributed by atoms with Gasteiger partial charge in [-0.1, -0.05) is 46.9 Å². The first kappa shape index (κ1) is 27.8. The average molecular weight is 639 g/mol. The molecule has 0 aliphatic heterocycles. The molecule has 0 saturated carbocycles. The van der Waals surface area contributed by atoms with Crippen LogP contribution in [0.5, 0.6) is 10.4 Å². The summed E-state index contributed by atoms with van der Waals surface area (Å²) in [6.45, 7) is 0. The molecule has 42 heavy (non-hydrogen) atoms. The van der Waals surface area contributed by atoms with Gasteiger partial charge in [-0.3, -0.25) is 0 Å². The van der Waals surface area contributed by atoms with Gasteiger partial charge >= 0.3 is 6.16 Å². The Hall–Kier alpha value is -4.31. The highest BCUT2D eigenvalue weighted by Crippen LogP contribution is 2.32. The number of carbonyl (C=O) groups excluding carboxylic acids is 1. The molecular formula is C27H18N4O7S4. The topological polar surface area (TPSA) is 155 Å². The molecule has 0 aliphatic rings. The number of ether oxygens (including phenoxy) is 2. The first-order chi connectivity index (χ1) is 19.9. The fourth-order valence-corrected chi connectivity index (χ4v) is 6.74. The van der Waals surface area contributed by atoms with E-state index < -0.39 is 25.8 Å². The summed E-state index contributed by atoms with van der Waals surface area (Å²) in [4.78, 5) is 31.6. The van der Waals surface area contributed by atoms with E-state index in [1.165, 1.54) is 24.3 Å². The van der Waals surface area contributed by atoms with Crippen molar-refractivity contribution in [3.05, 3.63) is 72.8 Å². The second kappa shape index (κ2) is 10.5. The number of benzene rings is 2. The Morgan fingerprint density at radius 2 is 0.952 bits per heavy atom. The third kappa shape index (κ3) is 5.85. The minimum absolute atomic E-state index is 0.0335. The van der Waals surface area contributed by atoms with Crippen molar-refractivity contribution in [1.82, 2.24) is 19.9 Å². The van der Waals surface area contributed by atoms with Gasteiger partial charge in [-0.2, -0.15) is 0 Å². The molecule has 0 amide bonds. The Morgan fingerprint density at radius 3 is 1.31 bits per heavy atom. The van der Waals surface area contributed by atoms with Crippen LogP contribution in [0.25, 0.3) is 43.2 Å². The number of thiazole rings is 2. The fourth-order valence-electron chi connectivity index (χ4n) is 3.91. The second-order valence-electron chi connectivity index (χ2n) is 9.05. The van der Waals surface area contributed by atoms with Gasteiger partial charge in [-0.25, -0.2) is 41.6 Å². The maximum atomic E-state index is 12.5. The number of carbonyl (C=O) groups is 1. The summed E-state index contributed by atoms with van der Waals surface area (Å²) in [5.74, 6) is 0. The number of fused-ring (bicyclic) bond motifs is 2. The van der Waals surface area contributed by atoms with Gasteiger partial charge in [0.25, 0.3) is 10.4 Å². The van der Waals surface area contributed by atoms with Crippen molar-refractivity contribution >= 4 is 69.2 Å². The number of hydrogen-bond donors (Lipinski definition) is 0. The molecule has 0 saturated heterocycles. The molecule has 0 aliphatic carbocycles. The first-order valence-electron chi connectivity index (χ1n) is 12.0. The molecular weight excluding hydrogens is 621 g/mol. The van der Waals surface area contributed by atoms with E-state index in [-0.39, 0.29) is 20.2 Å². The van der Waals surface area contributed by atoms with Crippen molar-refractivity contribution in [2.24, 2.45) is 0 Å². The molecule has 0 N–H and O–H groups in total. The van der Waals surface area contributed by atoms with Gasteiger partial charge in [0, 0.05) is 23.6 Å². The van der Waals surface area contributed by atoms with Crippen LogP contribution in [0.4, 0.5) is 4.79 Å². The van der Waals surface area contributed by atoms with Gasteiger partial charge in [0.2, 0.25) is 0 Å². The number of sulfone groups is 2. The molecule has 0 fully saturated rings. The molecule has 0 radical (unpaired) electrons. The highest BCUT2D eigenvalue weighted by atomic mass is 32.2. The van der Waals surface area contributed by atoms with Gasteiger partial charge in [-0.05, 0) is 48.5 Å². The largest absolute Gasteiger partial charge is 0.523 e. The van der Waals surface area contributed by atoms with Crippen LogP contribution in [-0.2, 0) is 19.7 Å². The third-order valence-corrected chi connectivity index (χ3v) is 9.91. The molecule has 0 unspecified atom stereocenters. The lowest BCUT2D eigenvalue weighted by Gasteiger charge is -2.02. The van der Waals surface area contributed by atoms with Crippen molar-refractivity contribution in [3.8, 4) is 32.9 Å². The minimum atomic E-state index is -3.31. The van der Waals surface area contributed by atoms with Crippen LogP contribution in [0.2, 0.25) is 0 Å². The molecule has 11 nitrogen and oxygen atoms in total. The summed E-state index contributed by atoms with van der Waals surface area (Å²) >= 11 is 2.10. The van der Waals surface area contributed by atoms with E-state index in [0.717, 1.165) is 46.3 Å². The zero-order chi connectivity index (χ0) is 29.6. The van der Waals surface area contributed by atoms with Crippen LogP contribution in [0.3, 0.4) is 0 Å². The lowest BCUT2D eigenvalue weighted by molar-refractivity contribution is 0.151. The Labute approximate surface area is 247 Å². The molecule has 6 rings (SSSR count). The number of nitrogens with zero attached hydrogens (tertiary/aromatic N) is 4. The predicted molar refractivity (Wildman–Crippen MR) is 159 cm³/mol. The van der Waals surface area contributed by atoms with E-state index in [0.29, 0.717) is 32.1 Å². The van der Waals surface area contributed by atoms with Crippen LogP contribution in [0.15, 0.2) is 82.6 Å². The number of hydrogen-bond acceptors (Lipinski definition) is 13. The molecule has 0 atom stereocenters. The molecule has 2 aromatic carbocycles. The van der Waals surface area contributed by atoms with E-state index >= 15 is 0 Å². The monoisotopic (exact) mass is 638 g/mol. The minimum Gasteiger partial charge on any atom is -0.365 e. The quantitative estimate of drug-likeness (QED) is 0.215. The first-order valence-corrected chi connectivity index (χ1v) is 17.4. The van der Waals surface area contributed by atoms with Crippen molar-refractivity contribution in [2.45, 2.75) is 9.79 Å². The standard InChI is InChI=1S/C27H18N4O7S4/c1-41(33,34)17-7-3-15(4-8-17)19-11-13-21-23(28-19)39-25(30-21)37-27(32)38-26-31-22-14-12-20(29-24(22)40-26)16-5-9-18(10-6-16)42(2,35)36/h3-14H,1-2H3. The molecule has 6 aromatic rings. The number of rotatable bonds is 6. The summed E-state index contributed by atoms with van der Waals surface area (Å²) in [6, 6.07) is 19.7. The molecule has 4 aromatic heterocycles. The molecule has 212 valence electrons. The summed E-state index contributed by atoms with van der Waals surface area (Å²) in [5, 5.41) is 0.0669. The summed E-state index contributed by atoms with van der Waals surface area (Å²) in [6.07, 6.45) is 1.26. The zero-order valence-corrected chi connectivity index (χ0v) is 25.0. The van der Waals surface area contributed by atoms with E-state index in [2.05, 4.69) is 19.9 Å². The maximum Gasteiger partial charge on any atom is 0.523 e. The second-order valence-corrected chi connectivity index (χ2v) is 15.0. The third-order valence-electron chi connectivity index (χ3n) is 5.97. The summed E-state index contributed by atoms with van der Waals surface area (Å²) < 4.78 is 57.4. The molecule has 4 heterocycles. The van der Waals surface area contributed by atoms with Gasteiger partial charge < -0.3 is 9.47 Å². The van der Waals surface area contributed by atoms with Crippen molar-refractivity contribution in [3.63, 3.8) is 0 Å². The van der Waals surface area contributed by atoms with E-state index in [1.807, 2.05) is 0 Å². The van der Waals surface area contributed by atoms with Gasteiger partial charge in [0.05, 0.1) is 21.2 Å². The van der Waals surface area contributed by atoms with Crippen LogP contribution in [-0.4, -0.2) is 55.4 Å². The lowest BCUT2D eigenvalue weighted by Crippen LogP contribution is -2.13. The van der Waals surface area contributed by atoms with Crippen LogP contribution < -0.4 is 9.47 Å². The van der Waals surface area contributed by atoms with Crippen LogP contribution in [0.1, 0.15) is 0 Å². The zero-order valence-electron chi connectivity index (χ0n) is 21.7. The van der Waals surface area contributed by atoms with Crippen molar-refractivity contribution in [2.75, 3.05) is 12.5 Å². The van der Waals surface area contributed by atoms with Gasteiger partial charge in [0.15, 0.2) is 19.7 Å². The predicted octanol–water partition coefficient (Wildman–Crippen LogP) is 5.41. The van der Waals surface area contributed by atoms with Crippen molar-refractivity contribution in [1.29, 1.82) is 0 Å².